The summed E-state index contributed by atoms with van der Waals surface area (Å²) in [6, 6.07) is 11.6. The van der Waals surface area contributed by atoms with Crippen LogP contribution < -0.4 is 11.1 Å². The van der Waals surface area contributed by atoms with Gasteiger partial charge in [-0.1, -0.05) is 31.2 Å². The van der Waals surface area contributed by atoms with Crippen LogP contribution in [0.25, 0.3) is 0 Å². The Kier molecular flexibility index (Phi) is 4.96. The average molecular weight is 272 g/mol. The van der Waals surface area contributed by atoms with E-state index in [-0.39, 0.29) is 5.91 Å². The first-order chi connectivity index (χ1) is 9.72. The van der Waals surface area contributed by atoms with E-state index < -0.39 is 0 Å². The smallest absolute Gasteiger partial charge is 0.287 e. The number of nitrogens with one attached hydrogen (secondary N) is 1. The normalized spacial score (nSPS) is 10.5. The minimum Gasteiger partial charge on any atom is -0.456 e. The first kappa shape index (κ1) is 14.3. The number of nitrogens with two attached hydrogens (primary N) is 1. The summed E-state index contributed by atoms with van der Waals surface area (Å²) in [4.78, 5) is 11.9. The van der Waals surface area contributed by atoms with E-state index in [0.29, 0.717) is 18.8 Å². The molecule has 0 saturated carbocycles. The highest BCUT2D eigenvalue weighted by Crippen LogP contribution is 2.09. The van der Waals surface area contributed by atoms with E-state index in [1.165, 1.54) is 5.56 Å². The predicted octanol–water partition coefficient (Wildman–Crippen LogP) is 2.27. The molecule has 106 valence electrons. The van der Waals surface area contributed by atoms with Crippen LogP contribution >= 0.6 is 0 Å². The van der Waals surface area contributed by atoms with Gasteiger partial charge in [0.2, 0.25) is 0 Å². The summed E-state index contributed by atoms with van der Waals surface area (Å²) in [7, 11) is 0. The molecule has 1 aromatic heterocycles. The largest absolute Gasteiger partial charge is 0.456 e. The molecule has 1 heterocycles. The lowest BCUT2D eigenvalue weighted by Gasteiger charge is -2.05. The molecule has 0 unspecified atom stereocenters. The van der Waals surface area contributed by atoms with Gasteiger partial charge < -0.3 is 15.5 Å². The van der Waals surface area contributed by atoms with Crippen LogP contribution in [-0.4, -0.2) is 12.5 Å². The van der Waals surface area contributed by atoms with E-state index in [0.717, 1.165) is 24.2 Å². The minimum absolute atomic E-state index is 0.185. The third-order valence-electron chi connectivity index (χ3n) is 3.14. The van der Waals surface area contributed by atoms with Gasteiger partial charge in [-0.25, -0.2) is 0 Å². The fourth-order valence-corrected chi connectivity index (χ4v) is 1.95. The van der Waals surface area contributed by atoms with Crippen molar-refractivity contribution in [1.29, 1.82) is 0 Å². The second kappa shape index (κ2) is 6.91. The molecule has 1 aromatic carbocycles. The van der Waals surface area contributed by atoms with E-state index in [4.69, 9.17) is 10.2 Å². The highest BCUT2D eigenvalue weighted by molar-refractivity contribution is 5.91. The van der Waals surface area contributed by atoms with Crippen molar-refractivity contribution in [1.82, 2.24) is 5.32 Å². The van der Waals surface area contributed by atoms with E-state index in [1.807, 2.05) is 37.3 Å². The lowest BCUT2D eigenvalue weighted by Crippen LogP contribution is -2.22. The van der Waals surface area contributed by atoms with Gasteiger partial charge in [-0.05, 0) is 36.2 Å². The van der Waals surface area contributed by atoms with Crippen LogP contribution in [0.3, 0.4) is 0 Å². The molecule has 0 spiro atoms. The van der Waals surface area contributed by atoms with Gasteiger partial charge in [-0.3, -0.25) is 4.79 Å². The molecule has 4 nitrogen and oxygen atoms in total. The second-order valence-electron chi connectivity index (χ2n) is 4.66. The number of furan rings is 1. The maximum absolute atomic E-state index is 11.9. The van der Waals surface area contributed by atoms with E-state index in [2.05, 4.69) is 5.32 Å². The molecule has 0 saturated heterocycles. The Labute approximate surface area is 119 Å². The topological polar surface area (TPSA) is 68.3 Å². The first-order valence-corrected chi connectivity index (χ1v) is 6.87. The fourth-order valence-electron chi connectivity index (χ4n) is 1.95. The highest BCUT2D eigenvalue weighted by atomic mass is 16.3. The number of hydrogen-bond acceptors (Lipinski definition) is 3. The van der Waals surface area contributed by atoms with E-state index >= 15 is 0 Å². The summed E-state index contributed by atoms with van der Waals surface area (Å²) < 4.78 is 5.41. The minimum atomic E-state index is -0.185. The summed E-state index contributed by atoms with van der Waals surface area (Å²) in [5.74, 6) is 0.999. The molecule has 20 heavy (non-hydrogen) atoms. The fraction of sp³-hybridized carbons (Fsp3) is 0.312. The molecule has 0 aliphatic carbocycles. The van der Waals surface area contributed by atoms with Gasteiger partial charge in [-0.2, -0.15) is 0 Å². The Morgan fingerprint density at radius 1 is 1.15 bits per heavy atom. The van der Waals surface area contributed by atoms with Crippen LogP contribution in [0.4, 0.5) is 0 Å². The molecule has 0 bridgehead atoms. The third-order valence-corrected chi connectivity index (χ3v) is 3.14. The Bertz CT molecular complexity index is 558. The highest BCUT2D eigenvalue weighted by Gasteiger charge is 2.09. The summed E-state index contributed by atoms with van der Waals surface area (Å²) >= 11 is 0. The molecule has 0 aliphatic rings. The molecule has 0 atom stereocenters. The first-order valence-electron chi connectivity index (χ1n) is 6.87. The second-order valence-corrected chi connectivity index (χ2v) is 4.66. The summed E-state index contributed by atoms with van der Waals surface area (Å²) in [6.07, 6.45) is 1.66. The molecule has 2 aromatic rings. The zero-order valence-electron chi connectivity index (χ0n) is 11.7. The average Bonchev–Trinajstić information content (AvgIpc) is 2.95. The zero-order valence-corrected chi connectivity index (χ0v) is 11.7. The molecule has 2 rings (SSSR count). The number of carbonyl (C=O) groups is 1. The maximum Gasteiger partial charge on any atom is 0.287 e. The van der Waals surface area contributed by atoms with Gasteiger partial charge >= 0.3 is 0 Å². The van der Waals surface area contributed by atoms with Crippen molar-refractivity contribution in [3.8, 4) is 0 Å². The number of aryl methyl sites for hydroxylation is 1. The van der Waals surface area contributed by atoms with Crippen molar-refractivity contribution in [2.24, 2.45) is 5.73 Å². The Morgan fingerprint density at radius 3 is 2.45 bits per heavy atom. The lowest BCUT2D eigenvalue weighted by molar-refractivity contribution is 0.0921. The summed E-state index contributed by atoms with van der Waals surface area (Å²) in [5.41, 5.74) is 7.77. The van der Waals surface area contributed by atoms with Crippen LogP contribution in [-0.2, 0) is 19.4 Å². The summed E-state index contributed by atoms with van der Waals surface area (Å²) in [5, 5.41) is 2.85. The van der Waals surface area contributed by atoms with Crippen molar-refractivity contribution >= 4 is 5.91 Å². The van der Waals surface area contributed by atoms with Crippen LogP contribution in [0.1, 0.15) is 34.4 Å². The number of hydrogen-bond donors (Lipinski definition) is 2. The van der Waals surface area contributed by atoms with Crippen LogP contribution in [0.5, 0.6) is 0 Å². The van der Waals surface area contributed by atoms with E-state index in [9.17, 15) is 4.79 Å². The SMILES string of the molecule is CCc1ccc(C(=O)NCc2ccc(CCN)cc2)o1. The number of rotatable bonds is 6. The molecule has 0 aliphatic heterocycles. The lowest BCUT2D eigenvalue weighted by atomic mass is 10.1. The molecule has 0 fully saturated rings. The molecular formula is C16H20N2O2. The third kappa shape index (κ3) is 3.71. The van der Waals surface area contributed by atoms with Gasteiger partial charge in [0.05, 0.1) is 0 Å². The van der Waals surface area contributed by atoms with Crippen molar-refractivity contribution < 1.29 is 9.21 Å². The molecule has 3 N–H and O–H groups in total. The van der Waals surface area contributed by atoms with Gasteiger partial charge in [0.25, 0.3) is 5.91 Å². The Hall–Kier alpha value is -2.07. The monoisotopic (exact) mass is 272 g/mol. The van der Waals surface area contributed by atoms with E-state index in [1.54, 1.807) is 6.07 Å². The Morgan fingerprint density at radius 2 is 1.85 bits per heavy atom. The zero-order chi connectivity index (χ0) is 14.4. The van der Waals surface area contributed by atoms with Gasteiger partial charge in [-0.15, -0.1) is 0 Å². The van der Waals surface area contributed by atoms with Gasteiger partial charge in [0.15, 0.2) is 5.76 Å². The number of amides is 1. The molecule has 4 heteroatoms. The Balaban J connectivity index is 1.89. The molecular weight excluding hydrogens is 252 g/mol. The van der Waals surface area contributed by atoms with Gasteiger partial charge in [0, 0.05) is 13.0 Å². The maximum atomic E-state index is 11.9. The van der Waals surface area contributed by atoms with Crippen molar-refractivity contribution in [3.63, 3.8) is 0 Å². The number of benzene rings is 1. The quantitative estimate of drug-likeness (QED) is 0.847. The van der Waals surface area contributed by atoms with Gasteiger partial charge in [0.1, 0.15) is 5.76 Å². The van der Waals surface area contributed by atoms with Crippen LogP contribution in [0.2, 0.25) is 0 Å². The predicted molar refractivity (Wildman–Crippen MR) is 78.5 cm³/mol. The standard InChI is InChI=1S/C16H20N2O2/c1-2-14-7-8-15(20-14)16(19)18-11-13-5-3-12(4-6-13)9-10-17/h3-8H,2,9-11,17H2,1H3,(H,18,19). The van der Waals surface area contributed by atoms with Crippen molar-refractivity contribution in [2.75, 3.05) is 6.54 Å². The van der Waals surface area contributed by atoms with Crippen LogP contribution in [0.15, 0.2) is 40.8 Å². The van der Waals surface area contributed by atoms with Crippen molar-refractivity contribution in [2.45, 2.75) is 26.3 Å². The number of carbonyl (C=O) groups excluding carboxylic acids is 1. The molecule has 1 amide bonds. The summed E-state index contributed by atoms with van der Waals surface area (Å²) in [6.45, 7) is 3.13. The van der Waals surface area contributed by atoms with Crippen molar-refractivity contribution in [3.05, 3.63) is 59.0 Å². The molecule has 0 radical (unpaired) electrons. The van der Waals surface area contributed by atoms with Crippen LogP contribution in [0, 0.1) is 0 Å².